The molecular weight excluding hydrogens is 172 g/mol. The highest BCUT2D eigenvalue weighted by Crippen LogP contribution is 2.32. The van der Waals surface area contributed by atoms with Crippen LogP contribution in [-0.2, 0) is 0 Å². The largest absolute Gasteiger partial charge is 0.270 e. The zero-order valence-electron chi connectivity index (χ0n) is 9.13. The Bertz CT molecular complexity index is 187. The number of nitrogens with two attached hydrogens (primary N) is 1. The highest BCUT2D eigenvalue weighted by molar-refractivity contribution is 5.02. The van der Waals surface area contributed by atoms with Gasteiger partial charge in [0.05, 0.1) is 6.04 Å². The van der Waals surface area contributed by atoms with Gasteiger partial charge in [-0.3, -0.25) is 5.84 Å². The van der Waals surface area contributed by atoms with E-state index >= 15 is 0 Å². The first kappa shape index (κ1) is 11.6. The van der Waals surface area contributed by atoms with Crippen LogP contribution in [0.4, 0.5) is 0 Å². The van der Waals surface area contributed by atoms with Crippen molar-refractivity contribution in [2.24, 2.45) is 17.7 Å². The van der Waals surface area contributed by atoms with Crippen molar-refractivity contribution in [1.29, 1.82) is 0 Å². The van der Waals surface area contributed by atoms with Crippen molar-refractivity contribution in [1.82, 2.24) is 5.43 Å². The van der Waals surface area contributed by atoms with E-state index < -0.39 is 0 Å². The minimum Gasteiger partial charge on any atom is -0.270 e. The fourth-order valence-corrected chi connectivity index (χ4v) is 2.54. The van der Waals surface area contributed by atoms with Crippen LogP contribution in [0.2, 0.25) is 0 Å². The average molecular weight is 194 g/mol. The SMILES string of the molecule is C#CC(NN)C1CCC(CCC)CC1. The Kier molecular flexibility index (Phi) is 5.00. The van der Waals surface area contributed by atoms with Gasteiger partial charge in [-0.15, -0.1) is 6.42 Å². The Labute approximate surface area is 87.6 Å². The molecular formula is C12H22N2. The van der Waals surface area contributed by atoms with E-state index in [1.54, 1.807) is 0 Å². The maximum absolute atomic E-state index is 5.41. The molecule has 14 heavy (non-hydrogen) atoms. The van der Waals surface area contributed by atoms with Crippen LogP contribution in [0.1, 0.15) is 45.4 Å². The second-order valence-electron chi connectivity index (χ2n) is 4.38. The Morgan fingerprint density at radius 2 is 2.07 bits per heavy atom. The fourth-order valence-electron chi connectivity index (χ4n) is 2.54. The van der Waals surface area contributed by atoms with Gasteiger partial charge in [0.15, 0.2) is 0 Å². The van der Waals surface area contributed by atoms with Gasteiger partial charge in [-0.05, 0) is 24.7 Å². The predicted molar refractivity (Wildman–Crippen MR) is 60.3 cm³/mol. The highest BCUT2D eigenvalue weighted by Gasteiger charge is 2.25. The van der Waals surface area contributed by atoms with E-state index in [-0.39, 0.29) is 6.04 Å². The molecule has 0 spiro atoms. The van der Waals surface area contributed by atoms with E-state index in [1.165, 1.54) is 38.5 Å². The molecule has 3 N–H and O–H groups in total. The van der Waals surface area contributed by atoms with Gasteiger partial charge >= 0.3 is 0 Å². The number of hydrazine groups is 1. The van der Waals surface area contributed by atoms with Gasteiger partial charge in [-0.25, -0.2) is 5.43 Å². The first-order valence-electron chi connectivity index (χ1n) is 5.74. The maximum atomic E-state index is 5.41. The summed E-state index contributed by atoms with van der Waals surface area (Å²) in [6.07, 6.45) is 13.2. The van der Waals surface area contributed by atoms with Crippen molar-refractivity contribution in [3.63, 3.8) is 0 Å². The van der Waals surface area contributed by atoms with Crippen molar-refractivity contribution in [3.8, 4) is 12.3 Å². The van der Waals surface area contributed by atoms with Crippen LogP contribution in [0.15, 0.2) is 0 Å². The molecule has 0 aromatic heterocycles. The summed E-state index contributed by atoms with van der Waals surface area (Å²) in [6, 6.07) is 0.0811. The Morgan fingerprint density at radius 1 is 1.43 bits per heavy atom. The first-order chi connectivity index (χ1) is 6.81. The molecule has 2 nitrogen and oxygen atoms in total. The van der Waals surface area contributed by atoms with E-state index in [2.05, 4.69) is 18.3 Å². The first-order valence-corrected chi connectivity index (χ1v) is 5.74. The van der Waals surface area contributed by atoms with Crippen molar-refractivity contribution in [2.75, 3.05) is 0 Å². The predicted octanol–water partition coefficient (Wildman–Crippen LogP) is 2.06. The zero-order valence-corrected chi connectivity index (χ0v) is 9.13. The maximum Gasteiger partial charge on any atom is 0.0842 e. The molecule has 2 heteroatoms. The molecule has 80 valence electrons. The minimum absolute atomic E-state index is 0.0811. The van der Waals surface area contributed by atoms with Gasteiger partial charge < -0.3 is 0 Å². The van der Waals surface area contributed by atoms with Gasteiger partial charge in [0, 0.05) is 0 Å². The number of hydrogen-bond acceptors (Lipinski definition) is 2. The molecule has 1 rings (SSSR count). The summed E-state index contributed by atoms with van der Waals surface area (Å²) in [7, 11) is 0. The summed E-state index contributed by atoms with van der Waals surface area (Å²) in [6.45, 7) is 2.26. The molecule has 1 aliphatic rings. The van der Waals surface area contributed by atoms with Crippen LogP contribution in [0, 0.1) is 24.2 Å². The van der Waals surface area contributed by atoms with Crippen LogP contribution < -0.4 is 11.3 Å². The van der Waals surface area contributed by atoms with Crippen LogP contribution in [0.3, 0.4) is 0 Å². The van der Waals surface area contributed by atoms with Gasteiger partial charge in [0.2, 0.25) is 0 Å². The third kappa shape index (κ3) is 3.01. The van der Waals surface area contributed by atoms with Gasteiger partial charge in [0.1, 0.15) is 0 Å². The fraction of sp³-hybridized carbons (Fsp3) is 0.833. The minimum atomic E-state index is 0.0811. The molecule has 0 amide bonds. The summed E-state index contributed by atoms with van der Waals surface area (Å²) in [5.74, 6) is 9.68. The molecule has 1 saturated carbocycles. The summed E-state index contributed by atoms with van der Waals surface area (Å²) in [5.41, 5.74) is 2.73. The van der Waals surface area contributed by atoms with Crippen molar-refractivity contribution >= 4 is 0 Å². The van der Waals surface area contributed by atoms with Crippen molar-refractivity contribution in [3.05, 3.63) is 0 Å². The lowest BCUT2D eigenvalue weighted by Crippen LogP contribution is -2.41. The summed E-state index contributed by atoms with van der Waals surface area (Å²) >= 11 is 0. The van der Waals surface area contributed by atoms with E-state index in [1.807, 2.05) is 0 Å². The molecule has 0 aromatic carbocycles. The normalized spacial score (nSPS) is 29.5. The van der Waals surface area contributed by atoms with Crippen molar-refractivity contribution < 1.29 is 0 Å². The van der Waals surface area contributed by atoms with E-state index in [9.17, 15) is 0 Å². The molecule has 0 heterocycles. The second-order valence-corrected chi connectivity index (χ2v) is 4.38. The second kappa shape index (κ2) is 6.06. The quantitative estimate of drug-likeness (QED) is 0.408. The molecule has 1 fully saturated rings. The lowest BCUT2D eigenvalue weighted by Gasteiger charge is -2.31. The highest BCUT2D eigenvalue weighted by atomic mass is 15.2. The third-order valence-electron chi connectivity index (χ3n) is 3.42. The summed E-state index contributed by atoms with van der Waals surface area (Å²) in [4.78, 5) is 0. The van der Waals surface area contributed by atoms with Crippen LogP contribution in [0.25, 0.3) is 0 Å². The Balaban J connectivity index is 2.31. The molecule has 0 aromatic rings. The van der Waals surface area contributed by atoms with Crippen LogP contribution in [0.5, 0.6) is 0 Å². The smallest absolute Gasteiger partial charge is 0.0842 e. The molecule has 0 radical (unpaired) electrons. The number of terminal acetylenes is 1. The Hall–Kier alpha value is -0.520. The molecule has 0 aliphatic heterocycles. The van der Waals surface area contributed by atoms with Crippen LogP contribution >= 0.6 is 0 Å². The van der Waals surface area contributed by atoms with E-state index in [4.69, 9.17) is 12.3 Å². The summed E-state index contributed by atoms with van der Waals surface area (Å²) < 4.78 is 0. The molecule has 1 aliphatic carbocycles. The third-order valence-corrected chi connectivity index (χ3v) is 3.42. The number of hydrogen-bond donors (Lipinski definition) is 2. The zero-order chi connectivity index (χ0) is 10.4. The topological polar surface area (TPSA) is 38.0 Å². The molecule has 0 saturated heterocycles. The number of nitrogens with one attached hydrogen (secondary N) is 1. The average Bonchev–Trinajstić information content (AvgIpc) is 2.23. The Morgan fingerprint density at radius 3 is 2.50 bits per heavy atom. The standard InChI is InChI=1S/C12H22N2/c1-3-5-10-6-8-11(9-7-10)12(4-2)14-13/h2,10-12,14H,3,5-9,13H2,1H3. The lowest BCUT2D eigenvalue weighted by molar-refractivity contribution is 0.236. The van der Waals surface area contributed by atoms with Gasteiger partial charge in [0.25, 0.3) is 0 Å². The molecule has 1 atom stereocenters. The van der Waals surface area contributed by atoms with E-state index in [0.717, 1.165) is 5.92 Å². The lowest BCUT2D eigenvalue weighted by atomic mass is 9.77. The van der Waals surface area contributed by atoms with Gasteiger partial charge in [-0.2, -0.15) is 0 Å². The van der Waals surface area contributed by atoms with Gasteiger partial charge in [-0.1, -0.05) is 38.5 Å². The summed E-state index contributed by atoms with van der Waals surface area (Å²) in [5, 5.41) is 0. The van der Waals surface area contributed by atoms with Crippen LogP contribution in [-0.4, -0.2) is 6.04 Å². The molecule has 1 unspecified atom stereocenters. The van der Waals surface area contributed by atoms with E-state index in [0.29, 0.717) is 5.92 Å². The number of rotatable bonds is 4. The molecule has 0 bridgehead atoms. The van der Waals surface area contributed by atoms with Crippen molar-refractivity contribution in [2.45, 2.75) is 51.5 Å². The monoisotopic (exact) mass is 194 g/mol.